The van der Waals surface area contributed by atoms with E-state index in [4.69, 9.17) is 4.74 Å². The average Bonchev–Trinajstić information content (AvgIpc) is 3.18. The van der Waals surface area contributed by atoms with E-state index in [-0.39, 0.29) is 38.6 Å². The Kier molecular flexibility index (Phi) is 7.93. The van der Waals surface area contributed by atoms with Crippen LogP contribution in [0.3, 0.4) is 0 Å². The number of anilines is 2. The summed E-state index contributed by atoms with van der Waals surface area (Å²) in [5.41, 5.74) is 0.314. The second-order valence-corrected chi connectivity index (χ2v) is 11.7. The number of hydrogen-bond acceptors (Lipinski definition) is 8. The monoisotopic (exact) mass is 545 g/mol. The fraction of sp³-hybridized carbons (Fsp3) is 0.292. The Bertz CT molecular complexity index is 1460. The Morgan fingerprint density at radius 2 is 1.43 bits per heavy atom. The van der Waals surface area contributed by atoms with Crippen molar-refractivity contribution in [3.8, 4) is 5.75 Å². The number of carbonyl (C=O) groups excluding carboxylic acids is 1. The Hall–Kier alpha value is -3.71. The van der Waals surface area contributed by atoms with Gasteiger partial charge in [-0.05, 0) is 61.4 Å². The normalized spacial score (nSPS) is 14.5. The van der Waals surface area contributed by atoms with Crippen LogP contribution in [0.5, 0.6) is 5.75 Å². The molecule has 0 unspecified atom stereocenters. The lowest BCUT2D eigenvalue weighted by Crippen LogP contribution is -2.32. The van der Waals surface area contributed by atoms with Gasteiger partial charge in [-0.3, -0.25) is 9.52 Å². The Morgan fingerprint density at radius 3 is 2.05 bits per heavy atom. The maximum atomic E-state index is 13.2. The number of amides is 1. The van der Waals surface area contributed by atoms with Crippen molar-refractivity contribution >= 4 is 37.6 Å². The molecule has 13 heteroatoms. The number of hydrogen-bond donors (Lipinski definition) is 2. The third kappa shape index (κ3) is 6.35. The highest BCUT2D eigenvalue weighted by Gasteiger charge is 2.24. The minimum absolute atomic E-state index is 0.0858. The van der Waals surface area contributed by atoms with E-state index in [0.29, 0.717) is 13.1 Å². The van der Waals surface area contributed by atoms with Crippen LogP contribution in [0, 0.1) is 0 Å². The van der Waals surface area contributed by atoms with E-state index in [1.54, 1.807) is 11.0 Å². The van der Waals surface area contributed by atoms with Crippen molar-refractivity contribution in [3.05, 3.63) is 66.5 Å². The third-order valence-electron chi connectivity index (χ3n) is 5.81. The van der Waals surface area contributed by atoms with E-state index in [1.165, 1.54) is 62.0 Å². The van der Waals surface area contributed by atoms with Gasteiger partial charge in [-0.1, -0.05) is 12.8 Å². The number of rotatable bonds is 8. The predicted molar refractivity (Wildman–Crippen MR) is 137 cm³/mol. The van der Waals surface area contributed by atoms with Crippen LogP contribution in [0.25, 0.3) is 0 Å². The average molecular weight is 546 g/mol. The quantitative estimate of drug-likeness (QED) is 0.439. The molecule has 2 heterocycles. The van der Waals surface area contributed by atoms with E-state index < -0.39 is 20.0 Å². The zero-order valence-corrected chi connectivity index (χ0v) is 21.8. The van der Waals surface area contributed by atoms with Gasteiger partial charge in [0.25, 0.3) is 26.0 Å². The van der Waals surface area contributed by atoms with Gasteiger partial charge >= 0.3 is 0 Å². The Balaban J connectivity index is 1.53. The summed E-state index contributed by atoms with van der Waals surface area (Å²) in [4.78, 5) is 22.3. The van der Waals surface area contributed by atoms with Crippen molar-refractivity contribution < 1.29 is 26.4 Å². The fourth-order valence-corrected chi connectivity index (χ4v) is 5.96. The first kappa shape index (κ1) is 26.4. The summed E-state index contributed by atoms with van der Waals surface area (Å²) in [5, 5.41) is 0. The number of benzene rings is 2. The molecule has 4 rings (SSSR count). The number of ether oxygens (including phenoxy) is 1. The van der Waals surface area contributed by atoms with Crippen molar-refractivity contribution in [2.75, 3.05) is 29.6 Å². The second kappa shape index (κ2) is 11.1. The van der Waals surface area contributed by atoms with Gasteiger partial charge in [0.15, 0.2) is 0 Å². The summed E-state index contributed by atoms with van der Waals surface area (Å²) in [7, 11) is -6.63. The van der Waals surface area contributed by atoms with Crippen LogP contribution in [-0.2, 0) is 20.0 Å². The molecule has 0 atom stereocenters. The van der Waals surface area contributed by atoms with Crippen LogP contribution in [0.2, 0.25) is 0 Å². The van der Waals surface area contributed by atoms with Gasteiger partial charge in [0.1, 0.15) is 5.75 Å². The molecule has 2 aromatic carbocycles. The SMILES string of the molecule is COc1ccc(S(=O)(=O)Nc2ccc(S(=O)(=O)Nc3ncccn3)cc2)cc1C(=O)N1CCCCCC1. The van der Waals surface area contributed by atoms with Crippen molar-refractivity contribution in [2.24, 2.45) is 0 Å². The molecule has 1 aromatic heterocycles. The molecule has 1 aliphatic heterocycles. The summed E-state index contributed by atoms with van der Waals surface area (Å²) < 4.78 is 61.3. The van der Waals surface area contributed by atoms with E-state index in [9.17, 15) is 21.6 Å². The number of aromatic nitrogens is 2. The number of nitrogens with one attached hydrogen (secondary N) is 2. The molecule has 37 heavy (non-hydrogen) atoms. The number of sulfonamides is 2. The summed E-state index contributed by atoms with van der Waals surface area (Å²) in [6.45, 7) is 1.22. The molecule has 2 N–H and O–H groups in total. The third-order valence-corrected chi connectivity index (χ3v) is 8.54. The maximum Gasteiger partial charge on any atom is 0.264 e. The minimum atomic E-state index is -4.09. The molecular formula is C24H27N5O6S2. The molecule has 3 aromatic rings. The fourth-order valence-electron chi connectivity index (χ4n) is 3.91. The molecule has 196 valence electrons. The molecule has 1 amide bonds. The van der Waals surface area contributed by atoms with E-state index in [1.807, 2.05) is 0 Å². The largest absolute Gasteiger partial charge is 0.496 e. The summed E-state index contributed by atoms with van der Waals surface area (Å²) in [6, 6.07) is 10.8. The molecule has 1 aliphatic rings. The van der Waals surface area contributed by atoms with E-state index in [2.05, 4.69) is 19.4 Å². The maximum absolute atomic E-state index is 13.2. The van der Waals surface area contributed by atoms with Crippen LogP contribution < -0.4 is 14.2 Å². The summed E-state index contributed by atoms with van der Waals surface area (Å²) >= 11 is 0. The predicted octanol–water partition coefficient (Wildman–Crippen LogP) is 3.10. The molecule has 0 saturated carbocycles. The zero-order valence-electron chi connectivity index (χ0n) is 20.1. The molecule has 0 bridgehead atoms. The number of nitrogens with zero attached hydrogens (tertiary/aromatic N) is 3. The Morgan fingerprint density at radius 1 is 0.838 bits per heavy atom. The molecule has 11 nitrogen and oxygen atoms in total. The molecule has 0 spiro atoms. The first-order valence-corrected chi connectivity index (χ1v) is 14.6. The highest BCUT2D eigenvalue weighted by atomic mass is 32.2. The van der Waals surface area contributed by atoms with Crippen LogP contribution in [-0.4, -0.2) is 57.8 Å². The second-order valence-electron chi connectivity index (χ2n) is 8.38. The smallest absolute Gasteiger partial charge is 0.264 e. The lowest BCUT2D eigenvalue weighted by Gasteiger charge is -2.22. The van der Waals surface area contributed by atoms with Crippen molar-refractivity contribution in [2.45, 2.75) is 35.5 Å². The highest BCUT2D eigenvalue weighted by molar-refractivity contribution is 7.93. The van der Waals surface area contributed by atoms with Gasteiger partial charge in [0.2, 0.25) is 5.95 Å². The van der Waals surface area contributed by atoms with Crippen LogP contribution in [0.15, 0.2) is 70.7 Å². The van der Waals surface area contributed by atoms with Crippen LogP contribution >= 0.6 is 0 Å². The lowest BCUT2D eigenvalue weighted by atomic mass is 10.1. The number of methoxy groups -OCH3 is 1. The molecule has 0 radical (unpaired) electrons. The molecule has 1 fully saturated rings. The topological polar surface area (TPSA) is 148 Å². The standard InChI is InChI=1S/C24H27N5O6S2/c1-35-22-12-11-20(17-21(22)23(30)29-15-4-2-3-5-16-29)37(33,34)27-18-7-9-19(10-8-18)36(31,32)28-24-25-13-6-14-26-24/h6-14,17,27H,2-5,15-16H2,1H3,(H,25,26,28). The molecular weight excluding hydrogens is 518 g/mol. The van der Waals surface area contributed by atoms with Gasteiger partial charge < -0.3 is 9.64 Å². The van der Waals surface area contributed by atoms with Gasteiger partial charge in [-0.15, -0.1) is 0 Å². The van der Waals surface area contributed by atoms with E-state index in [0.717, 1.165) is 25.7 Å². The highest BCUT2D eigenvalue weighted by Crippen LogP contribution is 2.27. The number of likely N-dealkylation sites (tertiary alicyclic amines) is 1. The van der Waals surface area contributed by atoms with Crippen LogP contribution in [0.1, 0.15) is 36.0 Å². The summed E-state index contributed by atoms with van der Waals surface area (Å²) in [6.07, 6.45) is 6.69. The first-order valence-electron chi connectivity index (χ1n) is 11.6. The first-order chi connectivity index (χ1) is 17.7. The zero-order chi connectivity index (χ0) is 26.5. The molecule has 1 saturated heterocycles. The Labute approximate surface area is 216 Å². The van der Waals surface area contributed by atoms with Gasteiger partial charge in [-0.25, -0.2) is 31.5 Å². The van der Waals surface area contributed by atoms with Gasteiger partial charge in [0.05, 0.1) is 22.5 Å². The van der Waals surface area contributed by atoms with Crippen molar-refractivity contribution in [1.29, 1.82) is 0 Å². The van der Waals surface area contributed by atoms with Gasteiger partial charge in [0, 0.05) is 31.2 Å². The van der Waals surface area contributed by atoms with Crippen molar-refractivity contribution in [1.82, 2.24) is 14.9 Å². The van der Waals surface area contributed by atoms with Gasteiger partial charge in [-0.2, -0.15) is 0 Å². The minimum Gasteiger partial charge on any atom is -0.496 e. The van der Waals surface area contributed by atoms with E-state index >= 15 is 0 Å². The van der Waals surface area contributed by atoms with Crippen LogP contribution in [0.4, 0.5) is 11.6 Å². The number of carbonyl (C=O) groups is 1. The molecule has 0 aliphatic carbocycles. The lowest BCUT2D eigenvalue weighted by molar-refractivity contribution is 0.0758. The van der Waals surface area contributed by atoms with Crippen molar-refractivity contribution in [3.63, 3.8) is 0 Å². The summed E-state index contributed by atoms with van der Waals surface area (Å²) in [5.74, 6) is -0.0739.